The molecule has 10 rings (SSSR count). The summed E-state index contributed by atoms with van der Waals surface area (Å²) in [5.41, 5.74) is 14.6. The Bertz CT molecular complexity index is 2780. The quantitative estimate of drug-likeness (QED) is 0.189. The predicted molar refractivity (Wildman–Crippen MR) is 223 cm³/mol. The van der Waals surface area contributed by atoms with E-state index in [-0.39, 0.29) is 6.17 Å². The number of nitrogens with zero attached hydrogens (tertiary/aromatic N) is 1. The summed E-state index contributed by atoms with van der Waals surface area (Å²) in [6.45, 7) is 4.47. The minimum atomic E-state index is -0.252. The third-order valence-corrected chi connectivity index (χ3v) is 10.9. The maximum atomic E-state index is 7.04. The highest BCUT2D eigenvalue weighted by atomic mass is 16.3. The summed E-state index contributed by atoms with van der Waals surface area (Å²) in [5, 5.41) is 8.74. The van der Waals surface area contributed by atoms with Gasteiger partial charge in [-0.25, -0.2) is 0 Å². The van der Waals surface area contributed by atoms with Gasteiger partial charge < -0.3 is 14.6 Å². The summed E-state index contributed by atoms with van der Waals surface area (Å²) in [5.74, 6) is 0.394. The van der Waals surface area contributed by atoms with Crippen LogP contribution in [0.1, 0.15) is 37.1 Å². The van der Waals surface area contributed by atoms with Gasteiger partial charge >= 0.3 is 0 Å². The number of rotatable bonds is 6. The summed E-state index contributed by atoms with van der Waals surface area (Å²) < 4.78 is 7.04. The molecular formula is C50H38N2O. The first-order valence-corrected chi connectivity index (χ1v) is 18.5. The second kappa shape index (κ2) is 12.6. The topological polar surface area (TPSA) is 28.4 Å². The van der Waals surface area contributed by atoms with Crippen molar-refractivity contribution in [1.82, 2.24) is 0 Å². The maximum absolute atomic E-state index is 7.04. The lowest BCUT2D eigenvalue weighted by molar-refractivity contribution is 0.654. The smallest absolute Gasteiger partial charge is 0.143 e. The Balaban J connectivity index is 1.25. The summed E-state index contributed by atoms with van der Waals surface area (Å²) in [6.07, 6.45) is -0.252. The molecule has 0 saturated heterocycles. The van der Waals surface area contributed by atoms with Crippen LogP contribution in [0.4, 0.5) is 17.1 Å². The minimum absolute atomic E-state index is 0.252. The number of benzene rings is 8. The largest absolute Gasteiger partial charge is 0.456 e. The van der Waals surface area contributed by atoms with Gasteiger partial charge in [-0.3, -0.25) is 0 Å². The highest BCUT2D eigenvalue weighted by Crippen LogP contribution is 2.53. The number of nitrogens with one attached hydrogen (secondary N) is 1. The van der Waals surface area contributed by atoms with Crippen LogP contribution in [0.3, 0.4) is 0 Å². The van der Waals surface area contributed by atoms with E-state index < -0.39 is 0 Å². The molecule has 8 aromatic carbocycles. The monoisotopic (exact) mass is 682 g/mol. The van der Waals surface area contributed by atoms with Gasteiger partial charge in [-0.1, -0.05) is 166 Å². The van der Waals surface area contributed by atoms with Crippen molar-refractivity contribution < 1.29 is 4.42 Å². The van der Waals surface area contributed by atoms with E-state index in [4.69, 9.17) is 4.42 Å². The summed E-state index contributed by atoms with van der Waals surface area (Å²) in [4.78, 5) is 2.49. The van der Waals surface area contributed by atoms with Crippen molar-refractivity contribution in [3.63, 3.8) is 0 Å². The van der Waals surface area contributed by atoms with Gasteiger partial charge in [-0.2, -0.15) is 0 Å². The normalized spacial score (nSPS) is 13.9. The molecule has 0 aliphatic carbocycles. The molecule has 1 unspecified atom stereocenters. The van der Waals surface area contributed by atoms with Crippen LogP contribution in [-0.4, -0.2) is 0 Å². The third kappa shape index (κ3) is 5.19. The molecule has 1 atom stereocenters. The van der Waals surface area contributed by atoms with Gasteiger partial charge in [-0.15, -0.1) is 0 Å². The van der Waals surface area contributed by atoms with E-state index >= 15 is 0 Å². The summed E-state index contributed by atoms with van der Waals surface area (Å²) >= 11 is 0. The molecule has 1 aromatic heterocycles. The average molecular weight is 683 g/mol. The Morgan fingerprint density at radius 2 is 1.19 bits per heavy atom. The Morgan fingerprint density at radius 1 is 0.528 bits per heavy atom. The van der Waals surface area contributed by atoms with Crippen molar-refractivity contribution in [2.45, 2.75) is 25.9 Å². The van der Waals surface area contributed by atoms with Crippen LogP contribution in [0.15, 0.2) is 180 Å². The molecule has 1 N–H and O–H groups in total. The zero-order chi connectivity index (χ0) is 35.5. The Labute approximate surface area is 309 Å². The lowest BCUT2D eigenvalue weighted by Crippen LogP contribution is -2.24. The second-order valence-corrected chi connectivity index (χ2v) is 14.3. The van der Waals surface area contributed by atoms with Crippen molar-refractivity contribution in [2.75, 3.05) is 10.2 Å². The molecule has 0 spiro atoms. The Kier molecular flexibility index (Phi) is 7.40. The molecule has 0 radical (unpaired) electrons. The Morgan fingerprint density at radius 3 is 1.92 bits per heavy atom. The van der Waals surface area contributed by atoms with Gasteiger partial charge in [0.05, 0.1) is 17.1 Å². The molecule has 0 fully saturated rings. The van der Waals surface area contributed by atoms with Gasteiger partial charge in [0.15, 0.2) is 0 Å². The molecule has 3 nitrogen and oxygen atoms in total. The van der Waals surface area contributed by atoms with Crippen LogP contribution in [0.25, 0.3) is 66.1 Å². The van der Waals surface area contributed by atoms with Crippen molar-refractivity contribution >= 4 is 49.8 Å². The van der Waals surface area contributed by atoms with Crippen LogP contribution < -0.4 is 10.2 Å². The molecule has 0 saturated carbocycles. The number of fused-ring (bicyclic) bond motifs is 6. The maximum Gasteiger partial charge on any atom is 0.143 e. The van der Waals surface area contributed by atoms with Crippen LogP contribution in [0.5, 0.6) is 0 Å². The molecule has 3 heteroatoms. The van der Waals surface area contributed by atoms with E-state index in [1.807, 2.05) is 0 Å². The molecule has 254 valence electrons. The fourth-order valence-corrected chi connectivity index (χ4v) is 8.19. The molecule has 9 aromatic rings. The highest BCUT2D eigenvalue weighted by molar-refractivity contribution is 6.14. The Hall–Kier alpha value is -6.58. The third-order valence-electron chi connectivity index (χ3n) is 10.9. The van der Waals surface area contributed by atoms with Gasteiger partial charge in [-0.05, 0) is 69.0 Å². The fraction of sp³-hybridized carbons (Fsp3) is 0.0800. The van der Waals surface area contributed by atoms with E-state index in [1.54, 1.807) is 0 Å². The number of furan rings is 1. The average Bonchev–Trinajstić information content (AvgIpc) is 3.80. The standard InChI is InChI=1S/C50H38N2O/c1-32(2)37-22-25-41-46(31-37)53-49-42(27-26-39(47(41)49)34-16-8-4-9-17-34)50-51-48-40-21-13-12-20-36(40)23-29-45(48)52(50)44-28-24-38(33-14-6-3-7-15-33)30-43(44)35-18-10-5-11-19-35/h3-32,50-51H,1-2H3. The minimum Gasteiger partial charge on any atom is -0.456 e. The number of anilines is 3. The van der Waals surface area contributed by atoms with Crippen LogP contribution >= 0.6 is 0 Å². The fourth-order valence-electron chi connectivity index (χ4n) is 8.19. The highest BCUT2D eigenvalue weighted by Gasteiger charge is 2.36. The zero-order valence-corrected chi connectivity index (χ0v) is 29.8. The van der Waals surface area contributed by atoms with Gasteiger partial charge in [0, 0.05) is 27.3 Å². The van der Waals surface area contributed by atoms with E-state index in [2.05, 4.69) is 200 Å². The van der Waals surface area contributed by atoms with Gasteiger partial charge in [0.25, 0.3) is 0 Å². The molecule has 53 heavy (non-hydrogen) atoms. The van der Waals surface area contributed by atoms with Crippen LogP contribution in [0, 0.1) is 0 Å². The first-order valence-electron chi connectivity index (χ1n) is 18.5. The van der Waals surface area contributed by atoms with Crippen LogP contribution in [0.2, 0.25) is 0 Å². The molecule has 0 amide bonds. The number of hydrogen-bond donors (Lipinski definition) is 1. The molecule has 0 bridgehead atoms. The zero-order valence-electron chi connectivity index (χ0n) is 29.8. The van der Waals surface area contributed by atoms with Gasteiger partial charge in [0.1, 0.15) is 17.3 Å². The second-order valence-electron chi connectivity index (χ2n) is 14.3. The van der Waals surface area contributed by atoms with E-state index in [1.165, 1.54) is 49.7 Å². The van der Waals surface area contributed by atoms with E-state index in [9.17, 15) is 0 Å². The van der Waals surface area contributed by atoms with Crippen molar-refractivity contribution in [1.29, 1.82) is 0 Å². The molecule has 1 aliphatic rings. The lowest BCUT2D eigenvalue weighted by atomic mass is 9.94. The summed E-state index contributed by atoms with van der Waals surface area (Å²) in [7, 11) is 0. The van der Waals surface area contributed by atoms with Crippen molar-refractivity contribution in [3.8, 4) is 33.4 Å². The molecule has 2 heterocycles. The van der Waals surface area contributed by atoms with Gasteiger partial charge in [0.2, 0.25) is 0 Å². The molecular weight excluding hydrogens is 645 g/mol. The van der Waals surface area contributed by atoms with Crippen molar-refractivity contribution in [3.05, 3.63) is 187 Å². The van der Waals surface area contributed by atoms with Crippen LogP contribution in [-0.2, 0) is 0 Å². The SMILES string of the molecule is CC(C)c1ccc2c(c1)oc1c(C3Nc4c(ccc5ccccc45)N3c3ccc(-c4ccccc4)cc3-c3ccccc3)ccc(-c3ccccc3)c12. The van der Waals surface area contributed by atoms with Crippen molar-refractivity contribution in [2.24, 2.45) is 0 Å². The first-order chi connectivity index (χ1) is 26.1. The predicted octanol–water partition coefficient (Wildman–Crippen LogP) is 14.1. The molecule has 1 aliphatic heterocycles. The number of hydrogen-bond acceptors (Lipinski definition) is 3. The lowest BCUT2D eigenvalue weighted by Gasteiger charge is -2.30. The first kappa shape index (κ1) is 31.2. The van der Waals surface area contributed by atoms with E-state index in [0.717, 1.165) is 44.6 Å². The summed E-state index contributed by atoms with van der Waals surface area (Å²) in [6, 6.07) is 63.5. The van der Waals surface area contributed by atoms with E-state index in [0.29, 0.717) is 5.92 Å².